The predicted octanol–water partition coefficient (Wildman–Crippen LogP) is 1.38. The molecule has 2 rings (SSSR count). The average Bonchev–Trinajstić information content (AvgIpc) is 2.25. The summed E-state index contributed by atoms with van der Waals surface area (Å²) in [5, 5.41) is 0. The van der Waals surface area contributed by atoms with Gasteiger partial charge in [-0.25, -0.2) is 9.97 Å². The van der Waals surface area contributed by atoms with E-state index >= 15 is 0 Å². The molecule has 1 aliphatic heterocycles. The van der Waals surface area contributed by atoms with Crippen molar-refractivity contribution in [2.45, 2.75) is 39.7 Å². The topological polar surface area (TPSA) is 52.1 Å². The SMILES string of the molecule is CC(=O)CCc1nc(C)nc2c1COCC2. The summed E-state index contributed by atoms with van der Waals surface area (Å²) in [6, 6.07) is 0. The van der Waals surface area contributed by atoms with E-state index in [0.29, 0.717) is 19.4 Å². The second kappa shape index (κ2) is 4.70. The van der Waals surface area contributed by atoms with E-state index in [1.807, 2.05) is 6.92 Å². The molecule has 4 heteroatoms. The number of nitrogens with zero attached hydrogens (tertiary/aromatic N) is 2. The number of hydrogen-bond donors (Lipinski definition) is 0. The van der Waals surface area contributed by atoms with Gasteiger partial charge in [-0.1, -0.05) is 0 Å². The fraction of sp³-hybridized carbons (Fsp3) is 0.583. The van der Waals surface area contributed by atoms with Crippen molar-refractivity contribution in [1.29, 1.82) is 0 Å². The lowest BCUT2D eigenvalue weighted by atomic mass is 10.0. The summed E-state index contributed by atoms with van der Waals surface area (Å²) >= 11 is 0. The standard InChI is InChI=1S/C12H16N2O2/c1-8(15)3-4-11-10-7-16-6-5-12(10)14-9(2)13-11/h3-7H2,1-2H3. The van der Waals surface area contributed by atoms with Crippen LogP contribution in [0.5, 0.6) is 0 Å². The highest BCUT2D eigenvalue weighted by atomic mass is 16.5. The molecular formula is C12H16N2O2. The summed E-state index contributed by atoms with van der Waals surface area (Å²) in [6.07, 6.45) is 2.10. The zero-order valence-electron chi connectivity index (χ0n) is 9.75. The fourth-order valence-corrected chi connectivity index (χ4v) is 1.93. The maximum Gasteiger partial charge on any atom is 0.130 e. The van der Waals surface area contributed by atoms with Crippen molar-refractivity contribution in [3.8, 4) is 0 Å². The Morgan fingerprint density at radius 1 is 1.44 bits per heavy atom. The first-order chi connectivity index (χ1) is 7.66. The Balaban J connectivity index is 2.28. The van der Waals surface area contributed by atoms with E-state index in [0.717, 1.165) is 35.8 Å². The van der Waals surface area contributed by atoms with Gasteiger partial charge in [0.25, 0.3) is 0 Å². The predicted molar refractivity (Wildman–Crippen MR) is 59.1 cm³/mol. The minimum absolute atomic E-state index is 0.196. The molecule has 4 nitrogen and oxygen atoms in total. The molecular weight excluding hydrogens is 204 g/mol. The number of rotatable bonds is 3. The molecule has 1 aliphatic rings. The Labute approximate surface area is 95.1 Å². The lowest BCUT2D eigenvalue weighted by Crippen LogP contribution is -2.17. The number of carbonyl (C=O) groups excluding carboxylic acids is 1. The number of aromatic nitrogens is 2. The molecule has 86 valence electrons. The van der Waals surface area contributed by atoms with Gasteiger partial charge in [0, 0.05) is 18.4 Å². The molecule has 0 N–H and O–H groups in total. The lowest BCUT2D eigenvalue weighted by Gasteiger charge is -2.18. The Hall–Kier alpha value is -1.29. The van der Waals surface area contributed by atoms with Gasteiger partial charge in [-0.3, -0.25) is 0 Å². The van der Waals surface area contributed by atoms with Gasteiger partial charge in [-0.2, -0.15) is 0 Å². The van der Waals surface area contributed by atoms with Crippen LogP contribution in [0.1, 0.15) is 36.1 Å². The van der Waals surface area contributed by atoms with Gasteiger partial charge in [0.1, 0.15) is 11.6 Å². The van der Waals surface area contributed by atoms with E-state index in [2.05, 4.69) is 9.97 Å². The van der Waals surface area contributed by atoms with Crippen LogP contribution in [0.2, 0.25) is 0 Å². The minimum atomic E-state index is 0.196. The number of carbonyl (C=O) groups is 1. The van der Waals surface area contributed by atoms with Gasteiger partial charge in [0.2, 0.25) is 0 Å². The first-order valence-electron chi connectivity index (χ1n) is 5.59. The maximum atomic E-state index is 11.0. The Morgan fingerprint density at radius 3 is 3.00 bits per heavy atom. The highest BCUT2D eigenvalue weighted by Crippen LogP contribution is 2.19. The molecule has 0 spiro atoms. The molecule has 2 heterocycles. The Kier molecular flexibility index (Phi) is 3.29. The van der Waals surface area contributed by atoms with Gasteiger partial charge >= 0.3 is 0 Å². The first kappa shape index (κ1) is 11.2. The molecule has 0 saturated heterocycles. The zero-order valence-corrected chi connectivity index (χ0v) is 9.75. The van der Waals surface area contributed by atoms with E-state index in [1.165, 1.54) is 0 Å². The molecule has 0 atom stereocenters. The van der Waals surface area contributed by atoms with Crippen LogP contribution < -0.4 is 0 Å². The molecule has 0 aliphatic carbocycles. The van der Waals surface area contributed by atoms with E-state index in [-0.39, 0.29) is 5.78 Å². The van der Waals surface area contributed by atoms with Crippen molar-refractivity contribution in [1.82, 2.24) is 9.97 Å². The highest BCUT2D eigenvalue weighted by molar-refractivity contribution is 5.75. The Morgan fingerprint density at radius 2 is 2.25 bits per heavy atom. The van der Waals surface area contributed by atoms with Crippen molar-refractivity contribution < 1.29 is 9.53 Å². The monoisotopic (exact) mass is 220 g/mol. The molecule has 0 unspecified atom stereocenters. The number of ether oxygens (including phenoxy) is 1. The maximum absolute atomic E-state index is 11.0. The molecule has 16 heavy (non-hydrogen) atoms. The molecule has 0 saturated carbocycles. The van der Waals surface area contributed by atoms with E-state index in [4.69, 9.17) is 4.74 Å². The van der Waals surface area contributed by atoms with Gasteiger partial charge < -0.3 is 9.53 Å². The van der Waals surface area contributed by atoms with Crippen molar-refractivity contribution in [3.63, 3.8) is 0 Å². The van der Waals surface area contributed by atoms with Crippen LogP contribution in [-0.4, -0.2) is 22.4 Å². The van der Waals surface area contributed by atoms with E-state index in [1.54, 1.807) is 6.92 Å². The van der Waals surface area contributed by atoms with Crippen molar-refractivity contribution >= 4 is 5.78 Å². The quantitative estimate of drug-likeness (QED) is 0.772. The molecule has 0 amide bonds. The third-order valence-electron chi connectivity index (χ3n) is 2.73. The van der Waals surface area contributed by atoms with Crippen molar-refractivity contribution in [3.05, 3.63) is 22.8 Å². The minimum Gasteiger partial charge on any atom is -0.376 e. The van der Waals surface area contributed by atoms with Crippen LogP contribution >= 0.6 is 0 Å². The Bertz CT molecular complexity index is 416. The van der Waals surface area contributed by atoms with Crippen LogP contribution in [0.4, 0.5) is 0 Å². The highest BCUT2D eigenvalue weighted by Gasteiger charge is 2.17. The van der Waals surface area contributed by atoms with Crippen LogP contribution in [-0.2, 0) is 29.0 Å². The van der Waals surface area contributed by atoms with Gasteiger partial charge in [-0.05, 0) is 20.3 Å². The van der Waals surface area contributed by atoms with Gasteiger partial charge in [0.15, 0.2) is 0 Å². The van der Waals surface area contributed by atoms with Gasteiger partial charge in [0.05, 0.1) is 24.6 Å². The zero-order chi connectivity index (χ0) is 11.5. The van der Waals surface area contributed by atoms with Crippen LogP contribution in [0.15, 0.2) is 0 Å². The number of hydrogen-bond acceptors (Lipinski definition) is 4. The summed E-state index contributed by atoms with van der Waals surface area (Å²) in [4.78, 5) is 19.8. The molecule has 0 fully saturated rings. The first-order valence-corrected chi connectivity index (χ1v) is 5.59. The molecule has 0 aromatic carbocycles. The number of Topliss-reactive ketones (excluding diaryl/α,β-unsaturated/α-hetero) is 1. The average molecular weight is 220 g/mol. The summed E-state index contributed by atoms with van der Waals surface area (Å²) < 4.78 is 5.42. The van der Waals surface area contributed by atoms with Crippen molar-refractivity contribution in [2.75, 3.05) is 6.61 Å². The van der Waals surface area contributed by atoms with Crippen LogP contribution in [0.3, 0.4) is 0 Å². The lowest BCUT2D eigenvalue weighted by molar-refractivity contribution is -0.117. The van der Waals surface area contributed by atoms with Gasteiger partial charge in [-0.15, -0.1) is 0 Å². The summed E-state index contributed by atoms with van der Waals surface area (Å²) in [5.74, 6) is 0.987. The van der Waals surface area contributed by atoms with E-state index < -0.39 is 0 Å². The number of fused-ring (bicyclic) bond motifs is 1. The normalized spacial score (nSPS) is 14.6. The third-order valence-corrected chi connectivity index (χ3v) is 2.73. The van der Waals surface area contributed by atoms with Crippen LogP contribution in [0.25, 0.3) is 0 Å². The smallest absolute Gasteiger partial charge is 0.130 e. The molecule has 0 bridgehead atoms. The van der Waals surface area contributed by atoms with E-state index in [9.17, 15) is 4.79 Å². The summed E-state index contributed by atoms with van der Waals surface area (Å²) in [5.41, 5.74) is 3.17. The molecule has 0 radical (unpaired) electrons. The third kappa shape index (κ3) is 2.44. The summed E-state index contributed by atoms with van der Waals surface area (Å²) in [6.45, 7) is 4.82. The fourth-order valence-electron chi connectivity index (χ4n) is 1.93. The molecule has 1 aromatic rings. The second-order valence-corrected chi connectivity index (χ2v) is 4.15. The number of aryl methyl sites for hydroxylation is 2. The second-order valence-electron chi connectivity index (χ2n) is 4.15. The van der Waals surface area contributed by atoms with Crippen molar-refractivity contribution in [2.24, 2.45) is 0 Å². The van der Waals surface area contributed by atoms with Crippen LogP contribution in [0, 0.1) is 6.92 Å². The summed E-state index contributed by atoms with van der Waals surface area (Å²) in [7, 11) is 0. The largest absolute Gasteiger partial charge is 0.376 e. The number of ketones is 1. The molecule has 1 aromatic heterocycles.